The summed E-state index contributed by atoms with van der Waals surface area (Å²) >= 11 is 3.27. The molecule has 0 spiro atoms. The highest BCUT2D eigenvalue weighted by Crippen LogP contribution is 2.24. The third-order valence-electron chi connectivity index (χ3n) is 3.10. The summed E-state index contributed by atoms with van der Waals surface area (Å²) in [7, 11) is -0.984. The Morgan fingerprint density at radius 3 is 2.36 bits per heavy atom. The first kappa shape index (κ1) is 16.5. The molecule has 2 rings (SSSR count). The Bertz CT molecular complexity index is 787. The van der Waals surface area contributed by atoms with Crippen LogP contribution in [0, 0.1) is 0 Å². The van der Waals surface area contributed by atoms with Crippen molar-refractivity contribution in [2.75, 3.05) is 18.5 Å². The second kappa shape index (κ2) is 6.50. The number of ether oxygens (including phenoxy) is 1. The zero-order valence-corrected chi connectivity index (χ0v) is 14.4. The van der Waals surface area contributed by atoms with Gasteiger partial charge in [-0.1, -0.05) is 22.0 Å². The van der Waals surface area contributed by atoms with Gasteiger partial charge < -0.3 is 4.74 Å². The lowest BCUT2D eigenvalue weighted by Crippen LogP contribution is -2.26. The molecule has 0 saturated carbocycles. The molecule has 22 heavy (non-hydrogen) atoms. The molecule has 0 aromatic heterocycles. The Morgan fingerprint density at radius 2 is 1.77 bits per heavy atom. The Labute approximate surface area is 137 Å². The number of methoxy groups -OCH3 is 1. The Balaban J connectivity index is 2.40. The van der Waals surface area contributed by atoms with Crippen LogP contribution in [0.3, 0.4) is 0 Å². The predicted octanol–water partition coefficient (Wildman–Crippen LogP) is 3.06. The van der Waals surface area contributed by atoms with Gasteiger partial charge in [-0.2, -0.15) is 0 Å². The molecule has 116 valence electrons. The van der Waals surface area contributed by atoms with E-state index >= 15 is 0 Å². The predicted molar refractivity (Wildman–Crippen MR) is 87.5 cm³/mol. The number of carbonyl (C=O) groups excluding carboxylic acids is 1. The van der Waals surface area contributed by atoms with Crippen LogP contribution in [0.2, 0.25) is 0 Å². The molecule has 0 heterocycles. The smallest absolute Gasteiger partial charge is 0.337 e. The molecule has 2 aromatic rings. The number of hydrogen-bond acceptors (Lipinski definition) is 4. The Hall–Kier alpha value is -1.86. The van der Waals surface area contributed by atoms with E-state index in [2.05, 4.69) is 20.7 Å². The summed E-state index contributed by atoms with van der Waals surface area (Å²) in [6.07, 6.45) is 0. The first-order chi connectivity index (χ1) is 10.4. The lowest BCUT2D eigenvalue weighted by molar-refractivity contribution is 0.0600. The van der Waals surface area contributed by atoms with Crippen LogP contribution in [0.1, 0.15) is 10.4 Å². The Kier molecular flexibility index (Phi) is 4.87. The molecule has 0 unspecified atom stereocenters. The van der Waals surface area contributed by atoms with Crippen molar-refractivity contribution in [1.29, 1.82) is 0 Å². The maximum atomic E-state index is 12.6. The summed E-state index contributed by atoms with van der Waals surface area (Å²) in [6, 6.07) is 12.6. The number of anilines is 1. The van der Waals surface area contributed by atoms with Gasteiger partial charge in [-0.15, -0.1) is 0 Å². The van der Waals surface area contributed by atoms with Crippen LogP contribution in [0.25, 0.3) is 0 Å². The molecule has 0 fully saturated rings. The molecule has 0 radical (unpaired) electrons. The van der Waals surface area contributed by atoms with E-state index in [9.17, 15) is 13.2 Å². The molecule has 0 N–H and O–H groups in total. The minimum atomic E-state index is -3.70. The molecule has 0 bridgehead atoms. The maximum absolute atomic E-state index is 12.6. The van der Waals surface area contributed by atoms with Crippen LogP contribution in [-0.4, -0.2) is 28.5 Å². The minimum Gasteiger partial charge on any atom is -0.465 e. The van der Waals surface area contributed by atoms with Gasteiger partial charge in [0, 0.05) is 11.5 Å². The fourth-order valence-corrected chi connectivity index (χ4v) is 3.30. The number of sulfonamides is 1. The summed E-state index contributed by atoms with van der Waals surface area (Å²) in [6.45, 7) is 0. The van der Waals surface area contributed by atoms with E-state index in [4.69, 9.17) is 0 Å². The van der Waals surface area contributed by atoms with Gasteiger partial charge in [0.05, 0.1) is 23.3 Å². The van der Waals surface area contributed by atoms with Gasteiger partial charge in [0.25, 0.3) is 10.0 Å². The molecular weight excluding hydrogens is 370 g/mol. The molecule has 0 aliphatic rings. The third-order valence-corrected chi connectivity index (χ3v) is 5.43. The normalized spacial score (nSPS) is 11.0. The van der Waals surface area contributed by atoms with Crippen LogP contribution in [0.5, 0.6) is 0 Å². The van der Waals surface area contributed by atoms with Crippen LogP contribution < -0.4 is 4.31 Å². The largest absolute Gasteiger partial charge is 0.465 e. The van der Waals surface area contributed by atoms with Crippen molar-refractivity contribution in [3.8, 4) is 0 Å². The lowest BCUT2D eigenvalue weighted by Gasteiger charge is -2.20. The van der Waals surface area contributed by atoms with Crippen LogP contribution in [0.15, 0.2) is 57.9 Å². The number of esters is 1. The number of halogens is 1. The van der Waals surface area contributed by atoms with Gasteiger partial charge in [0.2, 0.25) is 0 Å². The summed E-state index contributed by atoms with van der Waals surface area (Å²) in [4.78, 5) is 11.7. The van der Waals surface area contributed by atoms with Crippen molar-refractivity contribution in [3.63, 3.8) is 0 Å². The zero-order chi connectivity index (χ0) is 16.3. The SMILES string of the molecule is COC(=O)c1cccc(N(C)S(=O)(=O)c2ccc(Br)cc2)c1. The van der Waals surface area contributed by atoms with E-state index in [1.54, 1.807) is 30.3 Å². The second-order valence-corrected chi connectivity index (χ2v) is 7.35. The third kappa shape index (κ3) is 3.31. The number of nitrogens with zero attached hydrogens (tertiary/aromatic N) is 1. The number of hydrogen-bond donors (Lipinski definition) is 0. The lowest BCUT2D eigenvalue weighted by atomic mass is 10.2. The van der Waals surface area contributed by atoms with Gasteiger partial charge >= 0.3 is 5.97 Å². The van der Waals surface area contributed by atoms with E-state index in [-0.39, 0.29) is 10.5 Å². The number of carbonyl (C=O) groups is 1. The molecule has 7 heteroatoms. The van der Waals surface area contributed by atoms with Gasteiger partial charge in [-0.05, 0) is 42.5 Å². The van der Waals surface area contributed by atoms with Crippen molar-refractivity contribution in [2.45, 2.75) is 4.90 Å². The van der Waals surface area contributed by atoms with Crippen molar-refractivity contribution < 1.29 is 17.9 Å². The van der Waals surface area contributed by atoms with E-state index < -0.39 is 16.0 Å². The summed E-state index contributed by atoms with van der Waals surface area (Å²) in [5, 5.41) is 0. The van der Waals surface area contributed by atoms with Gasteiger partial charge in [0.1, 0.15) is 0 Å². The summed E-state index contributed by atoms with van der Waals surface area (Å²) in [5.74, 6) is -0.517. The fourth-order valence-electron chi connectivity index (χ4n) is 1.85. The minimum absolute atomic E-state index is 0.168. The Morgan fingerprint density at radius 1 is 1.14 bits per heavy atom. The van der Waals surface area contributed by atoms with Crippen molar-refractivity contribution in [1.82, 2.24) is 0 Å². The zero-order valence-electron chi connectivity index (χ0n) is 12.0. The summed E-state index contributed by atoms with van der Waals surface area (Å²) in [5.41, 5.74) is 0.670. The first-order valence-corrected chi connectivity index (χ1v) is 8.52. The van der Waals surface area contributed by atoms with E-state index in [0.717, 1.165) is 8.78 Å². The van der Waals surface area contributed by atoms with E-state index in [1.165, 1.54) is 32.4 Å². The van der Waals surface area contributed by atoms with E-state index in [0.29, 0.717) is 5.69 Å². The molecule has 0 aliphatic carbocycles. The molecule has 0 atom stereocenters. The van der Waals surface area contributed by atoms with Gasteiger partial charge in [-0.25, -0.2) is 13.2 Å². The molecule has 0 amide bonds. The van der Waals surface area contributed by atoms with E-state index in [1.807, 2.05) is 0 Å². The summed E-state index contributed by atoms with van der Waals surface area (Å²) < 4.78 is 31.7. The highest BCUT2D eigenvalue weighted by molar-refractivity contribution is 9.10. The van der Waals surface area contributed by atoms with Crippen LogP contribution >= 0.6 is 15.9 Å². The average molecular weight is 384 g/mol. The van der Waals surface area contributed by atoms with Crippen molar-refractivity contribution in [2.24, 2.45) is 0 Å². The monoisotopic (exact) mass is 383 g/mol. The average Bonchev–Trinajstić information content (AvgIpc) is 2.53. The topological polar surface area (TPSA) is 63.7 Å². The van der Waals surface area contributed by atoms with Crippen LogP contribution in [-0.2, 0) is 14.8 Å². The fraction of sp³-hybridized carbons (Fsp3) is 0.133. The standard InChI is InChI=1S/C15H14BrNO4S/c1-17(13-5-3-4-11(10-13)15(18)21-2)22(19,20)14-8-6-12(16)7-9-14/h3-10H,1-2H3. The maximum Gasteiger partial charge on any atom is 0.337 e. The van der Waals surface area contributed by atoms with Gasteiger partial charge in [-0.3, -0.25) is 4.31 Å². The molecule has 0 aliphatic heterocycles. The molecule has 0 saturated heterocycles. The second-order valence-electron chi connectivity index (χ2n) is 4.47. The highest BCUT2D eigenvalue weighted by atomic mass is 79.9. The quantitative estimate of drug-likeness (QED) is 0.761. The van der Waals surface area contributed by atoms with Gasteiger partial charge in [0.15, 0.2) is 0 Å². The first-order valence-electron chi connectivity index (χ1n) is 6.29. The number of rotatable bonds is 4. The molecular formula is C15H14BrNO4S. The van der Waals surface area contributed by atoms with Crippen molar-refractivity contribution in [3.05, 3.63) is 58.6 Å². The molecule has 5 nitrogen and oxygen atoms in total. The highest BCUT2D eigenvalue weighted by Gasteiger charge is 2.22. The molecule has 2 aromatic carbocycles. The number of benzene rings is 2. The van der Waals surface area contributed by atoms with Crippen LogP contribution in [0.4, 0.5) is 5.69 Å². The van der Waals surface area contributed by atoms with Crippen molar-refractivity contribution >= 4 is 37.6 Å².